The first-order valence-electron chi connectivity index (χ1n) is 8.84. The summed E-state index contributed by atoms with van der Waals surface area (Å²) in [5.74, 6) is 1.28. The third-order valence-electron chi connectivity index (χ3n) is 4.47. The van der Waals surface area contributed by atoms with Crippen LogP contribution >= 0.6 is 0 Å². The van der Waals surface area contributed by atoms with Gasteiger partial charge in [-0.1, -0.05) is 36.4 Å². The molecule has 3 aromatic carbocycles. The van der Waals surface area contributed by atoms with Crippen LogP contribution in [0.15, 0.2) is 60.7 Å². The summed E-state index contributed by atoms with van der Waals surface area (Å²) in [6.07, 6.45) is 0. The zero-order valence-electron chi connectivity index (χ0n) is 15.8. The summed E-state index contributed by atoms with van der Waals surface area (Å²) in [4.78, 5) is 12.5. The molecule has 0 bridgehead atoms. The van der Waals surface area contributed by atoms with Crippen LogP contribution in [0.2, 0.25) is 0 Å². The second-order valence-corrected chi connectivity index (χ2v) is 6.34. The van der Waals surface area contributed by atoms with Crippen molar-refractivity contribution < 1.29 is 14.3 Å². The van der Waals surface area contributed by atoms with Crippen LogP contribution in [0.4, 0.5) is 5.69 Å². The van der Waals surface area contributed by atoms with E-state index in [1.54, 1.807) is 14.2 Å². The highest BCUT2D eigenvalue weighted by Crippen LogP contribution is 2.27. The standard InChI is InChI=1S/C22H24N2O3/c1-15(23-14-16-8-11-20(26-2)21(12-16)27-3)22(25)24-19-10-9-17-6-4-5-7-18(17)13-19/h4-13,15,23H,14H2,1-3H3,(H,24,25)/t15-/m1/s1. The number of methoxy groups -OCH3 is 2. The minimum Gasteiger partial charge on any atom is -0.493 e. The molecule has 5 nitrogen and oxygen atoms in total. The van der Waals surface area contributed by atoms with Gasteiger partial charge >= 0.3 is 0 Å². The predicted molar refractivity (Wildman–Crippen MR) is 108 cm³/mol. The molecular weight excluding hydrogens is 340 g/mol. The molecule has 2 N–H and O–H groups in total. The summed E-state index contributed by atoms with van der Waals surface area (Å²) >= 11 is 0. The molecule has 27 heavy (non-hydrogen) atoms. The van der Waals surface area contributed by atoms with E-state index in [4.69, 9.17) is 9.47 Å². The Bertz CT molecular complexity index is 940. The molecule has 0 spiro atoms. The van der Waals surface area contributed by atoms with Gasteiger partial charge in [-0.25, -0.2) is 0 Å². The number of rotatable bonds is 7. The summed E-state index contributed by atoms with van der Waals surface area (Å²) in [6, 6.07) is 19.3. The maximum Gasteiger partial charge on any atom is 0.241 e. The molecule has 1 atom stereocenters. The molecule has 0 aliphatic heterocycles. The number of fused-ring (bicyclic) bond motifs is 1. The van der Waals surface area contributed by atoms with Crippen LogP contribution in [0.3, 0.4) is 0 Å². The number of hydrogen-bond acceptors (Lipinski definition) is 4. The van der Waals surface area contributed by atoms with Crippen LogP contribution < -0.4 is 20.1 Å². The average molecular weight is 364 g/mol. The molecule has 1 amide bonds. The van der Waals surface area contributed by atoms with Crippen LogP contribution in [-0.2, 0) is 11.3 Å². The molecule has 5 heteroatoms. The maximum absolute atomic E-state index is 12.5. The number of anilines is 1. The number of hydrogen-bond donors (Lipinski definition) is 2. The van der Waals surface area contributed by atoms with Crippen molar-refractivity contribution in [2.75, 3.05) is 19.5 Å². The van der Waals surface area contributed by atoms with Crippen LogP contribution in [0.5, 0.6) is 11.5 Å². The Morgan fingerprint density at radius 1 is 0.926 bits per heavy atom. The van der Waals surface area contributed by atoms with Crippen molar-refractivity contribution in [2.24, 2.45) is 0 Å². The van der Waals surface area contributed by atoms with Gasteiger partial charge in [-0.05, 0) is 47.5 Å². The zero-order valence-corrected chi connectivity index (χ0v) is 15.8. The Morgan fingerprint density at radius 2 is 1.67 bits per heavy atom. The maximum atomic E-state index is 12.5. The molecule has 0 saturated carbocycles. The van der Waals surface area contributed by atoms with Crippen LogP contribution in [0.25, 0.3) is 10.8 Å². The highest BCUT2D eigenvalue weighted by atomic mass is 16.5. The van der Waals surface area contributed by atoms with E-state index in [-0.39, 0.29) is 11.9 Å². The fourth-order valence-electron chi connectivity index (χ4n) is 2.87. The zero-order chi connectivity index (χ0) is 19.2. The number of amides is 1. The topological polar surface area (TPSA) is 59.6 Å². The number of carbonyl (C=O) groups excluding carboxylic acids is 1. The lowest BCUT2D eigenvalue weighted by molar-refractivity contribution is -0.117. The van der Waals surface area contributed by atoms with Crippen LogP contribution in [0, 0.1) is 0 Å². The van der Waals surface area contributed by atoms with E-state index in [9.17, 15) is 4.79 Å². The second-order valence-electron chi connectivity index (χ2n) is 6.34. The summed E-state index contributed by atoms with van der Waals surface area (Å²) in [7, 11) is 3.21. The van der Waals surface area contributed by atoms with E-state index in [1.165, 1.54) is 0 Å². The lowest BCUT2D eigenvalue weighted by Gasteiger charge is -2.15. The van der Waals surface area contributed by atoms with Gasteiger partial charge in [-0.3, -0.25) is 4.79 Å². The lowest BCUT2D eigenvalue weighted by atomic mass is 10.1. The number of benzene rings is 3. The second kappa shape index (κ2) is 8.56. The molecule has 0 aromatic heterocycles. The molecule has 0 unspecified atom stereocenters. The first kappa shape index (κ1) is 18.7. The van der Waals surface area contributed by atoms with Crippen molar-refractivity contribution in [1.82, 2.24) is 5.32 Å². The highest BCUT2D eigenvalue weighted by molar-refractivity contribution is 5.97. The smallest absolute Gasteiger partial charge is 0.241 e. The van der Waals surface area contributed by atoms with Gasteiger partial charge in [0.05, 0.1) is 20.3 Å². The van der Waals surface area contributed by atoms with E-state index < -0.39 is 0 Å². The van der Waals surface area contributed by atoms with E-state index >= 15 is 0 Å². The van der Waals surface area contributed by atoms with Gasteiger partial charge in [-0.15, -0.1) is 0 Å². The van der Waals surface area contributed by atoms with Crippen molar-refractivity contribution in [3.63, 3.8) is 0 Å². The quantitative estimate of drug-likeness (QED) is 0.666. The van der Waals surface area contributed by atoms with Gasteiger partial charge in [0.1, 0.15) is 0 Å². The third kappa shape index (κ3) is 4.57. The fraction of sp³-hybridized carbons (Fsp3) is 0.227. The SMILES string of the molecule is COc1ccc(CN[C@H](C)C(=O)Nc2ccc3ccccc3c2)cc1OC. The monoisotopic (exact) mass is 364 g/mol. The number of nitrogens with one attached hydrogen (secondary N) is 2. The van der Waals surface area contributed by atoms with Crippen molar-refractivity contribution in [1.29, 1.82) is 0 Å². The average Bonchev–Trinajstić information content (AvgIpc) is 2.71. The van der Waals surface area contributed by atoms with Crippen LogP contribution in [0.1, 0.15) is 12.5 Å². The van der Waals surface area contributed by atoms with Gasteiger partial charge in [0.25, 0.3) is 0 Å². The normalized spacial score (nSPS) is 11.8. The van der Waals surface area contributed by atoms with Crippen LogP contribution in [-0.4, -0.2) is 26.2 Å². The van der Waals surface area contributed by atoms with E-state index in [0.29, 0.717) is 18.0 Å². The Kier molecular flexibility index (Phi) is 5.94. The summed E-state index contributed by atoms with van der Waals surface area (Å²) in [6.45, 7) is 2.39. The molecule has 0 fully saturated rings. The molecule has 3 rings (SSSR count). The van der Waals surface area contributed by atoms with E-state index in [0.717, 1.165) is 22.0 Å². The summed E-state index contributed by atoms with van der Waals surface area (Å²) < 4.78 is 10.6. The van der Waals surface area contributed by atoms with Gasteiger partial charge in [0.2, 0.25) is 5.91 Å². The molecule has 3 aromatic rings. The molecule has 0 aliphatic carbocycles. The lowest BCUT2D eigenvalue weighted by Crippen LogP contribution is -2.37. The summed E-state index contributed by atoms with van der Waals surface area (Å²) in [5, 5.41) is 8.45. The fourth-order valence-corrected chi connectivity index (χ4v) is 2.87. The Hall–Kier alpha value is -3.05. The molecule has 0 aliphatic rings. The molecular formula is C22H24N2O3. The van der Waals surface area contributed by atoms with E-state index in [1.807, 2.05) is 67.6 Å². The minimum atomic E-state index is -0.343. The Labute approximate surface area is 159 Å². The minimum absolute atomic E-state index is 0.0780. The Balaban J connectivity index is 1.60. The van der Waals surface area contributed by atoms with Gasteiger partial charge in [0, 0.05) is 12.2 Å². The van der Waals surface area contributed by atoms with Gasteiger partial charge < -0.3 is 20.1 Å². The first-order chi connectivity index (χ1) is 13.1. The molecule has 0 heterocycles. The van der Waals surface area contributed by atoms with Gasteiger partial charge in [0.15, 0.2) is 11.5 Å². The highest BCUT2D eigenvalue weighted by Gasteiger charge is 2.13. The van der Waals surface area contributed by atoms with Crippen molar-refractivity contribution in [3.05, 3.63) is 66.2 Å². The third-order valence-corrected chi connectivity index (χ3v) is 4.47. The van der Waals surface area contributed by atoms with Crippen molar-refractivity contribution in [3.8, 4) is 11.5 Å². The predicted octanol–water partition coefficient (Wildman–Crippen LogP) is 3.97. The largest absolute Gasteiger partial charge is 0.493 e. The molecule has 140 valence electrons. The first-order valence-corrected chi connectivity index (χ1v) is 8.84. The number of ether oxygens (including phenoxy) is 2. The molecule has 0 saturated heterocycles. The van der Waals surface area contributed by atoms with E-state index in [2.05, 4.69) is 10.6 Å². The Morgan fingerprint density at radius 3 is 2.41 bits per heavy atom. The van der Waals surface area contributed by atoms with Gasteiger partial charge in [-0.2, -0.15) is 0 Å². The molecule has 0 radical (unpaired) electrons. The van der Waals surface area contributed by atoms with Crippen molar-refractivity contribution >= 4 is 22.4 Å². The number of carbonyl (C=O) groups is 1. The van der Waals surface area contributed by atoms with Crippen molar-refractivity contribution in [2.45, 2.75) is 19.5 Å². The summed E-state index contributed by atoms with van der Waals surface area (Å²) in [5.41, 5.74) is 1.80.